The van der Waals surface area contributed by atoms with Gasteiger partial charge in [0.2, 0.25) is 5.82 Å². The molecule has 3 nitrogen and oxygen atoms in total. The molecular weight excluding hydrogens is 299 g/mol. The molecule has 0 radical (unpaired) electrons. The van der Waals surface area contributed by atoms with Gasteiger partial charge in [-0.1, -0.05) is 11.6 Å². The summed E-state index contributed by atoms with van der Waals surface area (Å²) in [6, 6.07) is 2.40. The van der Waals surface area contributed by atoms with Crippen molar-refractivity contribution >= 4 is 39.9 Å². The standard InChI is InChI=1S/C6H2ClFINO2/c7-4-1-3(9)2-5(8)6(4)10(11)12/h1-2H. The third kappa shape index (κ3) is 1.84. The predicted octanol–water partition coefficient (Wildman–Crippen LogP) is 2.99. The average molecular weight is 301 g/mol. The van der Waals surface area contributed by atoms with Crippen molar-refractivity contribution in [3.8, 4) is 0 Å². The van der Waals surface area contributed by atoms with Gasteiger partial charge in [-0.15, -0.1) is 0 Å². The number of hydrogen-bond donors (Lipinski definition) is 0. The molecule has 0 aliphatic carbocycles. The predicted molar refractivity (Wildman–Crippen MR) is 50.8 cm³/mol. The first kappa shape index (κ1) is 9.66. The Morgan fingerprint density at radius 3 is 2.58 bits per heavy atom. The van der Waals surface area contributed by atoms with E-state index in [-0.39, 0.29) is 5.02 Å². The molecule has 12 heavy (non-hydrogen) atoms. The fourth-order valence-corrected chi connectivity index (χ4v) is 1.75. The zero-order valence-electron chi connectivity index (χ0n) is 5.55. The Labute approximate surface area is 85.8 Å². The van der Waals surface area contributed by atoms with Gasteiger partial charge in [-0.3, -0.25) is 10.1 Å². The number of halogens is 3. The minimum Gasteiger partial charge on any atom is -0.258 e. The Morgan fingerprint density at radius 2 is 2.17 bits per heavy atom. The van der Waals surface area contributed by atoms with Gasteiger partial charge < -0.3 is 0 Å². The van der Waals surface area contributed by atoms with E-state index in [0.29, 0.717) is 3.57 Å². The van der Waals surface area contributed by atoms with Crippen molar-refractivity contribution in [2.24, 2.45) is 0 Å². The highest BCUT2D eigenvalue weighted by molar-refractivity contribution is 14.1. The van der Waals surface area contributed by atoms with Crippen LogP contribution < -0.4 is 0 Å². The molecule has 6 heteroatoms. The molecule has 0 N–H and O–H groups in total. The SMILES string of the molecule is O=[N+]([O-])c1c(F)cc(I)cc1Cl. The molecule has 1 aromatic carbocycles. The topological polar surface area (TPSA) is 43.1 Å². The van der Waals surface area contributed by atoms with Crippen LogP contribution >= 0.6 is 34.2 Å². The summed E-state index contributed by atoms with van der Waals surface area (Å²) in [6.07, 6.45) is 0. The summed E-state index contributed by atoms with van der Waals surface area (Å²) in [7, 11) is 0. The molecular formula is C6H2ClFINO2. The summed E-state index contributed by atoms with van der Waals surface area (Å²) in [5.41, 5.74) is -0.669. The summed E-state index contributed by atoms with van der Waals surface area (Å²) in [6.45, 7) is 0. The summed E-state index contributed by atoms with van der Waals surface area (Å²) < 4.78 is 13.4. The summed E-state index contributed by atoms with van der Waals surface area (Å²) in [4.78, 5) is 9.39. The Balaban J connectivity index is 3.38. The van der Waals surface area contributed by atoms with Crippen molar-refractivity contribution in [1.29, 1.82) is 0 Å². The number of benzene rings is 1. The summed E-state index contributed by atoms with van der Waals surface area (Å²) in [5, 5.41) is 10.1. The van der Waals surface area contributed by atoms with Gasteiger partial charge in [-0.2, -0.15) is 4.39 Å². The van der Waals surface area contributed by atoms with Crippen LogP contribution in [0.4, 0.5) is 10.1 Å². The maximum atomic E-state index is 12.8. The third-order valence-electron chi connectivity index (χ3n) is 1.16. The molecule has 0 atom stereocenters. The largest absolute Gasteiger partial charge is 0.323 e. The number of rotatable bonds is 1. The molecule has 0 saturated carbocycles. The molecule has 0 saturated heterocycles. The summed E-state index contributed by atoms with van der Waals surface area (Å²) >= 11 is 7.27. The fraction of sp³-hybridized carbons (Fsp3) is 0. The number of nitro groups is 1. The van der Waals surface area contributed by atoms with Crippen LogP contribution in [0.1, 0.15) is 0 Å². The van der Waals surface area contributed by atoms with Crippen LogP contribution in [-0.4, -0.2) is 4.92 Å². The molecule has 0 bridgehead atoms. The fourth-order valence-electron chi connectivity index (χ4n) is 0.709. The molecule has 1 rings (SSSR count). The molecule has 0 aliphatic heterocycles. The normalized spacial score (nSPS) is 9.92. The highest BCUT2D eigenvalue weighted by Crippen LogP contribution is 2.29. The molecule has 0 fully saturated rings. The van der Waals surface area contributed by atoms with Crippen LogP contribution in [-0.2, 0) is 0 Å². The van der Waals surface area contributed by atoms with E-state index in [0.717, 1.165) is 6.07 Å². The Morgan fingerprint density at radius 1 is 1.58 bits per heavy atom. The van der Waals surface area contributed by atoms with Gasteiger partial charge in [0.1, 0.15) is 5.02 Å². The van der Waals surface area contributed by atoms with Crippen LogP contribution in [0.2, 0.25) is 5.02 Å². The molecule has 0 aromatic heterocycles. The minimum atomic E-state index is -0.906. The van der Waals surface area contributed by atoms with Crippen molar-refractivity contribution in [3.05, 3.63) is 36.7 Å². The van der Waals surface area contributed by atoms with E-state index >= 15 is 0 Å². The van der Waals surface area contributed by atoms with Crippen LogP contribution in [0.15, 0.2) is 12.1 Å². The first-order chi connectivity index (χ1) is 5.52. The Kier molecular flexibility index (Phi) is 2.84. The zero-order valence-corrected chi connectivity index (χ0v) is 8.47. The number of hydrogen-bond acceptors (Lipinski definition) is 2. The van der Waals surface area contributed by atoms with Crippen molar-refractivity contribution < 1.29 is 9.31 Å². The van der Waals surface area contributed by atoms with Gasteiger partial charge in [-0.05, 0) is 34.7 Å². The smallest absolute Gasteiger partial charge is 0.258 e. The first-order valence-electron chi connectivity index (χ1n) is 2.81. The van der Waals surface area contributed by atoms with Gasteiger partial charge in [0.15, 0.2) is 0 Å². The van der Waals surface area contributed by atoms with Gasteiger partial charge in [0.25, 0.3) is 0 Å². The highest BCUT2D eigenvalue weighted by atomic mass is 127. The average Bonchev–Trinajstić information content (AvgIpc) is 1.82. The van der Waals surface area contributed by atoms with Crippen LogP contribution in [0.5, 0.6) is 0 Å². The first-order valence-corrected chi connectivity index (χ1v) is 4.27. The van der Waals surface area contributed by atoms with E-state index in [2.05, 4.69) is 0 Å². The third-order valence-corrected chi connectivity index (χ3v) is 2.08. The molecule has 0 unspecified atom stereocenters. The minimum absolute atomic E-state index is 0.176. The van der Waals surface area contributed by atoms with Gasteiger partial charge in [0.05, 0.1) is 4.92 Å². The monoisotopic (exact) mass is 301 g/mol. The Bertz CT molecular complexity index is 321. The van der Waals surface area contributed by atoms with Crippen LogP contribution in [0.25, 0.3) is 0 Å². The van der Waals surface area contributed by atoms with E-state index in [4.69, 9.17) is 11.6 Å². The molecule has 0 heterocycles. The van der Waals surface area contributed by atoms with Gasteiger partial charge in [-0.25, -0.2) is 0 Å². The second-order valence-electron chi connectivity index (χ2n) is 1.98. The lowest BCUT2D eigenvalue weighted by Gasteiger charge is -1.96. The van der Waals surface area contributed by atoms with Gasteiger partial charge >= 0.3 is 5.69 Å². The van der Waals surface area contributed by atoms with Crippen LogP contribution in [0, 0.1) is 19.5 Å². The van der Waals surface area contributed by atoms with E-state index < -0.39 is 16.4 Å². The Hall–Kier alpha value is -0.430. The lowest BCUT2D eigenvalue weighted by molar-refractivity contribution is -0.387. The second kappa shape index (κ2) is 3.53. The van der Waals surface area contributed by atoms with E-state index in [1.807, 2.05) is 22.6 Å². The number of nitrogens with zero attached hydrogens (tertiary/aromatic N) is 1. The maximum absolute atomic E-state index is 12.8. The molecule has 0 amide bonds. The van der Waals surface area contributed by atoms with Crippen molar-refractivity contribution in [1.82, 2.24) is 0 Å². The molecule has 0 aliphatic rings. The molecule has 64 valence electrons. The molecule has 1 aromatic rings. The zero-order chi connectivity index (χ0) is 9.30. The lowest BCUT2D eigenvalue weighted by atomic mass is 10.3. The summed E-state index contributed by atoms with van der Waals surface area (Å²) in [5.74, 6) is -0.906. The maximum Gasteiger partial charge on any atom is 0.323 e. The lowest BCUT2D eigenvalue weighted by Crippen LogP contribution is -1.94. The van der Waals surface area contributed by atoms with Crippen molar-refractivity contribution in [2.45, 2.75) is 0 Å². The van der Waals surface area contributed by atoms with E-state index in [9.17, 15) is 14.5 Å². The van der Waals surface area contributed by atoms with E-state index in [1.165, 1.54) is 6.07 Å². The molecule has 0 spiro atoms. The highest BCUT2D eigenvalue weighted by Gasteiger charge is 2.19. The van der Waals surface area contributed by atoms with Crippen molar-refractivity contribution in [2.75, 3.05) is 0 Å². The van der Waals surface area contributed by atoms with Crippen molar-refractivity contribution in [3.63, 3.8) is 0 Å². The van der Waals surface area contributed by atoms with Gasteiger partial charge in [0, 0.05) is 3.57 Å². The second-order valence-corrected chi connectivity index (χ2v) is 3.63. The quantitative estimate of drug-likeness (QED) is 0.455. The van der Waals surface area contributed by atoms with Crippen LogP contribution in [0.3, 0.4) is 0 Å². The number of nitro benzene ring substituents is 1. The van der Waals surface area contributed by atoms with E-state index in [1.54, 1.807) is 0 Å².